The molecule has 0 saturated carbocycles. The van der Waals surface area contributed by atoms with Crippen molar-refractivity contribution >= 4 is 41.4 Å². The van der Waals surface area contributed by atoms with Crippen LogP contribution in [0, 0.1) is 0 Å². The number of rotatable bonds is 19. The molecule has 2 aromatic rings. The second-order valence-electron chi connectivity index (χ2n) is 11.9. The van der Waals surface area contributed by atoms with Crippen LogP contribution in [-0.2, 0) is 36.8 Å². The number of carbonyl (C=O) groups excluding carboxylic acids is 4. The Labute approximate surface area is 285 Å². The van der Waals surface area contributed by atoms with Gasteiger partial charge in [0.1, 0.15) is 29.9 Å². The van der Waals surface area contributed by atoms with Gasteiger partial charge in [0.25, 0.3) is 0 Å². The summed E-state index contributed by atoms with van der Waals surface area (Å²) in [6.45, 7) is 0.740. The minimum atomic E-state index is -1.20. The van der Waals surface area contributed by atoms with Crippen molar-refractivity contribution in [1.29, 1.82) is 0 Å². The molecular formula is C34H48N6O7S. The monoisotopic (exact) mass is 684 g/mol. The first-order valence-electron chi connectivity index (χ1n) is 16.2. The van der Waals surface area contributed by atoms with Gasteiger partial charge in [-0.05, 0) is 73.9 Å². The molecule has 2 aromatic carbocycles. The summed E-state index contributed by atoms with van der Waals surface area (Å²) in [6.07, 6.45) is 4.91. The average Bonchev–Trinajstić information content (AvgIpc) is 3.57. The largest absolute Gasteiger partial charge is 0.508 e. The van der Waals surface area contributed by atoms with Gasteiger partial charge in [0.15, 0.2) is 0 Å². The van der Waals surface area contributed by atoms with Crippen molar-refractivity contribution in [3.8, 4) is 5.75 Å². The third kappa shape index (κ3) is 11.8. The van der Waals surface area contributed by atoms with Gasteiger partial charge in [0.05, 0.1) is 6.04 Å². The third-order valence-electron chi connectivity index (χ3n) is 8.28. The van der Waals surface area contributed by atoms with Gasteiger partial charge in [0, 0.05) is 19.4 Å². The van der Waals surface area contributed by atoms with E-state index < -0.39 is 59.8 Å². The van der Waals surface area contributed by atoms with Gasteiger partial charge < -0.3 is 42.5 Å². The Hall–Kier alpha value is -4.14. The number of carboxylic acid groups (broad SMARTS) is 1. The van der Waals surface area contributed by atoms with Gasteiger partial charge in [0.2, 0.25) is 23.6 Å². The Morgan fingerprint density at radius 2 is 1.52 bits per heavy atom. The molecule has 1 aliphatic heterocycles. The molecule has 4 amide bonds. The predicted octanol–water partition coefficient (Wildman–Crippen LogP) is 0.917. The molecule has 0 aromatic heterocycles. The van der Waals surface area contributed by atoms with Gasteiger partial charge in [-0.1, -0.05) is 48.9 Å². The first kappa shape index (κ1) is 38.3. The number of unbranched alkanes of at least 4 members (excludes halogenated alkanes) is 1. The first-order valence-corrected chi connectivity index (χ1v) is 17.6. The maximum Gasteiger partial charge on any atom is 0.326 e. The van der Waals surface area contributed by atoms with E-state index in [0.29, 0.717) is 50.0 Å². The van der Waals surface area contributed by atoms with Gasteiger partial charge >= 0.3 is 5.97 Å². The number of likely N-dealkylation sites (tertiary alicyclic amines) is 1. The lowest BCUT2D eigenvalue weighted by atomic mass is 10.0. The zero-order chi connectivity index (χ0) is 35.1. The molecule has 0 spiro atoms. The molecule has 0 aliphatic carbocycles. The molecule has 9 N–H and O–H groups in total. The lowest BCUT2D eigenvalue weighted by Gasteiger charge is -2.30. The number of carboxylic acids is 1. The van der Waals surface area contributed by atoms with Crippen molar-refractivity contribution in [2.75, 3.05) is 25.1 Å². The van der Waals surface area contributed by atoms with E-state index in [4.69, 9.17) is 11.5 Å². The summed E-state index contributed by atoms with van der Waals surface area (Å²) in [5.74, 6) is -2.75. The molecule has 1 heterocycles. The van der Waals surface area contributed by atoms with Crippen LogP contribution in [-0.4, -0.2) is 100 Å². The van der Waals surface area contributed by atoms with Crippen LogP contribution in [0.4, 0.5) is 0 Å². The molecule has 48 heavy (non-hydrogen) atoms. The maximum atomic E-state index is 14.0. The number of nitrogens with one attached hydrogen (secondary N) is 3. The lowest BCUT2D eigenvalue weighted by molar-refractivity contribution is -0.143. The van der Waals surface area contributed by atoms with Crippen molar-refractivity contribution in [3.05, 3.63) is 65.7 Å². The molecule has 1 aliphatic rings. The van der Waals surface area contributed by atoms with E-state index >= 15 is 0 Å². The molecule has 5 atom stereocenters. The number of thioether (sulfide) groups is 1. The molecule has 3 rings (SSSR count). The highest BCUT2D eigenvalue weighted by Gasteiger charge is 2.39. The van der Waals surface area contributed by atoms with Crippen molar-refractivity contribution in [2.45, 2.75) is 81.6 Å². The first-order chi connectivity index (χ1) is 23.0. The molecule has 13 nitrogen and oxygen atoms in total. The minimum Gasteiger partial charge on any atom is -0.508 e. The van der Waals surface area contributed by atoms with Gasteiger partial charge in [-0.2, -0.15) is 11.8 Å². The molecule has 0 bridgehead atoms. The van der Waals surface area contributed by atoms with Crippen LogP contribution in [0.3, 0.4) is 0 Å². The molecule has 1 saturated heterocycles. The van der Waals surface area contributed by atoms with E-state index in [1.807, 2.05) is 12.3 Å². The number of hydrogen-bond donors (Lipinski definition) is 7. The SMILES string of the molecule is CSCC[C@H](NC(=O)[C@@H]1CCCN1C(=O)[C@H](Cc1ccc(O)cc1)NC(=O)[C@@H](N)CCCCN)C(=O)N[C@@H](Cc1ccccc1)C(=O)O. The minimum absolute atomic E-state index is 0.0543. The van der Waals surface area contributed by atoms with E-state index in [9.17, 15) is 34.2 Å². The van der Waals surface area contributed by atoms with Crippen LogP contribution >= 0.6 is 11.8 Å². The molecule has 0 radical (unpaired) electrons. The highest BCUT2D eigenvalue weighted by Crippen LogP contribution is 2.21. The summed E-state index contributed by atoms with van der Waals surface area (Å²) >= 11 is 1.48. The summed E-state index contributed by atoms with van der Waals surface area (Å²) < 4.78 is 0. The van der Waals surface area contributed by atoms with E-state index in [1.165, 1.54) is 28.8 Å². The van der Waals surface area contributed by atoms with E-state index in [0.717, 1.165) is 5.56 Å². The number of amides is 4. The molecule has 1 fully saturated rings. The number of phenols is 1. The van der Waals surface area contributed by atoms with Crippen LogP contribution < -0.4 is 27.4 Å². The van der Waals surface area contributed by atoms with Crippen LogP contribution in [0.2, 0.25) is 0 Å². The number of carbonyl (C=O) groups is 5. The molecular weight excluding hydrogens is 636 g/mol. The fourth-order valence-electron chi connectivity index (χ4n) is 5.58. The van der Waals surface area contributed by atoms with Crippen molar-refractivity contribution < 1.29 is 34.2 Å². The summed E-state index contributed by atoms with van der Waals surface area (Å²) in [4.78, 5) is 67.6. The zero-order valence-corrected chi connectivity index (χ0v) is 28.1. The number of aromatic hydroxyl groups is 1. The summed E-state index contributed by atoms with van der Waals surface area (Å²) in [6, 6.07) is 10.2. The second-order valence-corrected chi connectivity index (χ2v) is 12.9. The highest BCUT2D eigenvalue weighted by molar-refractivity contribution is 7.98. The van der Waals surface area contributed by atoms with E-state index in [-0.39, 0.29) is 31.6 Å². The van der Waals surface area contributed by atoms with Crippen molar-refractivity contribution in [2.24, 2.45) is 11.5 Å². The quantitative estimate of drug-likeness (QED) is 0.104. The Kier molecular flexibility index (Phi) is 15.7. The standard InChI is InChI=1S/C34H48N6O7S/c1-48-19-16-26(31(43)39-28(34(46)47)21-22-8-3-2-4-9-22)37-32(44)29-11-7-18-40(29)33(45)27(20-23-12-14-24(41)15-13-23)38-30(42)25(36)10-5-6-17-35/h2-4,8-9,12-15,25-29,41H,5-7,10-11,16-21,35-36H2,1H3,(H,37,44)(H,38,42)(H,39,43)(H,46,47)/t25-,26-,27-,28-,29-/m0/s1. The van der Waals surface area contributed by atoms with Crippen LogP contribution in [0.5, 0.6) is 5.75 Å². The van der Waals surface area contributed by atoms with E-state index in [2.05, 4.69) is 16.0 Å². The summed E-state index contributed by atoms with van der Waals surface area (Å²) in [5, 5.41) is 27.7. The maximum absolute atomic E-state index is 14.0. The van der Waals surface area contributed by atoms with E-state index in [1.54, 1.807) is 36.4 Å². The van der Waals surface area contributed by atoms with Crippen LogP contribution in [0.15, 0.2) is 54.6 Å². The second kappa shape index (κ2) is 19.6. The summed E-state index contributed by atoms with van der Waals surface area (Å²) in [7, 11) is 0. The zero-order valence-electron chi connectivity index (χ0n) is 27.3. The summed E-state index contributed by atoms with van der Waals surface area (Å²) in [5.41, 5.74) is 13.1. The smallest absolute Gasteiger partial charge is 0.326 e. The number of phenolic OH excluding ortho intramolecular Hbond substituents is 1. The van der Waals surface area contributed by atoms with Crippen molar-refractivity contribution in [1.82, 2.24) is 20.9 Å². The fraction of sp³-hybridized carbons (Fsp3) is 0.500. The topological polar surface area (TPSA) is 217 Å². The predicted molar refractivity (Wildman–Crippen MR) is 184 cm³/mol. The number of hydrogen-bond acceptors (Lipinski definition) is 9. The fourth-order valence-corrected chi connectivity index (χ4v) is 6.06. The lowest BCUT2D eigenvalue weighted by Crippen LogP contribution is -2.58. The highest BCUT2D eigenvalue weighted by atomic mass is 32.2. The van der Waals surface area contributed by atoms with Crippen LogP contribution in [0.25, 0.3) is 0 Å². The van der Waals surface area contributed by atoms with Crippen LogP contribution in [0.1, 0.15) is 49.7 Å². The third-order valence-corrected chi connectivity index (χ3v) is 8.92. The Bertz CT molecular complexity index is 1360. The molecule has 262 valence electrons. The average molecular weight is 685 g/mol. The van der Waals surface area contributed by atoms with Gasteiger partial charge in [-0.25, -0.2) is 4.79 Å². The molecule has 14 heteroatoms. The number of benzene rings is 2. The van der Waals surface area contributed by atoms with Crippen molar-refractivity contribution in [3.63, 3.8) is 0 Å². The Morgan fingerprint density at radius 1 is 0.875 bits per heavy atom. The Morgan fingerprint density at radius 3 is 2.17 bits per heavy atom. The molecule has 0 unspecified atom stereocenters. The Balaban J connectivity index is 1.75. The number of nitrogens with zero attached hydrogens (tertiary/aromatic N) is 1. The normalized spacial score (nSPS) is 16.7. The number of nitrogens with two attached hydrogens (primary N) is 2. The number of aliphatic carboxylic acids is 1. The van der Waals surface area contributed by atoms with Gasteiger partial charge in [-0.3, -0.25) is 19.2 Å². The van der Waals surface area contributed by atoms with Gasteiger partial charge in [-0.15, -0.1) is 0 Å².